The van der Waals surface area contributed by atoms with Crippen LogP contribution in [0.2, 0.25) is 0 Å². The van der Waals surface area contributed by atoms with E-state index in [1.54, 1.807) is 4.90 Å². The molecule has 0 spiro atoms. The highest BCUT2D eigenvalue weighted by atomic mass is 32.1. The number of carbonyl (C=O) groups excluding carboxylic acids is 2. The molecule has 1 fully saturated rings. The minimum absolute atomic E-state index is 0.0646. The first kappa shape index (κ1) is 15.7. The average Bonchev–Trinajstić information content (AvgIpc) is 3.08. The Kier molecular flexibility index (Phi) is 4.71. The van der Waals surface area contributed by atoms with Gasteiger partial charge in [-0.3, -0.25) is 9.59 Å². The van der Waals surface area contributed by atoms with Crippen LogP contribution in [0.5, 0.6) is 5.88 Å². The molecule has 1 aliphatic rings. The van der Waals surface area contributed by atoms with E-state index in [4.69, 9.17) is 9.47 Å². The Hall–Kier alpha value is -2.22. The van der Waals surface area contributed by atoms with Crippen molar-refractivity contribution < 1.29 is 19.1 Å². The number of esters is 1. The maximum atomic E-state index is 12.2. The van der Waals surface area contributed by atoms with Crippen LogP contribution in [0.4, 0.5) is 0 Å². The van der Waals surface area contributed by atoms with Crippen molar-refractivity contribution in [1.29, 1.82) is 0 Å². The Morgan fingerprint density at radius 1 is 1.35 bits per heavy atom. The van der Waals surface area contributed by atoms with Gasteiger partial charge in [-0.2, -0.15) is 0 Å². The number of hydrogen-bond acceptors (Lipinski definition) is 7. The van der Waals surface area contributed by atoms with Crippen LogP contribution in [0.15, 0.2) is 17.8 Å². The van der Waals surface area contributed by atoms with Crippen molar-refractivity contribution >= 4 is 33.4 Å². The number of thiophene rings is 1. The lowest BCUT2D eigenvalue weighted by molar-refractivity contribution is -0.149. The summed E-state index contributed by atoms with van der Waals surface area (Å²) in [7, 11) is 1.39. The van der Waals surface area contributed by atoms with Gasteiger partial charge in [-0.25, -0.2) is 9.97 Å². The van der Waals surface area contributed by atoms with Crippen LogP contribution in [0.25, 0.3) is 10.2 Å². The highest BCUT2D eigenvalue weighted by molar-refractivity contribution is 7.16. The smallest absolute Gasteiger partial charge is 0.308 e. The summed E-state index contributed by atoms with van der Waals surface area (Å²) in [4.78, 5) is 34.5. The van der Waals surface area contributed by atoms with Gasteiger partial charge in [0.2, 0.25) is 5.88 Å². The molecule has 23 heavy (non-hydrogen) atoms. The van der Waals surface area contributed by atoms with Crippen LogP contribution in [0.1, 0.15) is 12.8 Å². The highest BCUT2D eigenvalue weighted by Crippen LogP contribution is 2.25. The first-order valence-electron chi connectivity index (χ1n) is 7.35. The lowest BCUT2D eigenvalue weighted by Gasteiger charge is -2.30. The van der Waals surface area contributed by atoms with E-state index in [-0.39, 0.29) is 24.4 Å². The van der Waals surface area contributed by atoms with Gasteiger partial charge >= 0.3 is 5.97 Å². The van der Waals surface area contributed by atoms with Crippen LogP contribution in [-0.4, -0.2) is 53.6 Å². The van der Waals surface area contributed by atoms with Crippen molar-refractivity contribution in [2.24, 2.45) is 5.92 Å². The molecule has 8 heteroatoms. The van der Waals surface area contributed by atoms with E-state index in [9.17, 15) is 9.59 Å². The second kappa shape index (κ2) is 6.91. The summed E-state index contributed by atoms with van der Waals surface area (Å²) < 4.78 is 10.3. The molecule has 0 radical (unpaired) electrons. The normalized spacial score (nSPS) is 15.6. The molecular weight excluding hydrogens is 318 g/mol. The van der Waals surface area contributed by atoms with Crippen LogP contribution < -0.4 is 4.74 Å². The van der Waals surface area contributed by atoms with E-state index in [1.807, 2.05) is 11.4 Å². The van der Waals surface area contributed by atoms with E-state index >= 15 is 0 Å². The van der Waals surface area contributed by atoms with E-state index in [0.717, 1.165) is 10.2 Å². The number of carbonyl (C=O) groups is 2. The molecule has 122 valence electrons. The molecule has 1 aliphatic heterocycles. The predicted molar refractivity (Wildman–Crippen MR) is 84.2 cm³/mol. The Morgan fingerprint density at radius 2 is 2.13 bits per heavy atom. The lowest BCUT2D eigenvalue weighted by Crippen LogP contribution is -2.42. The number of piperidine rings is 1. The molecule has 0 aromatic carbocycles. The molecule has 7 nitrogen and oxygen atoms in total. The number of hydrogen-bond donors (Lipinski definition) is 0. The number of amides is 1. The first-order valence-corrected chi connectivity index (χ1v) is 8.23. The summed E-state index contributed by atoms with van der Waals surface area (Å²) in [6.07, 6.45) is 2.68. The fourth-order valence-corrected chi connectivity index (χ4v) is 3.36. The van der Waals surface area contributed by atoms with Crippen molar-refractivity contribution in [3.05, 3.63) is 17.8 Å². The van der Waals surface area contributed by atoms with Gasteiger partial charge in [0.1, 0.15) is 11.2 Å². The maximum Gasteiger partial charge on any atom is 0.308 e. The van der Waals surface area contributed by atoms with Gasteiger partial charge in [0.05, 0.1) is 18.4 Å². The molecule has 2 aromatic heterocycles. The van der Waals surface area contributed by atoms with Gasteiger partial charge in [-0.15, -0.1) is 11.3 Å². The zero-order valence-corrected chi connectivity index (χ0v) is 13.5. The molecule has 2 aromatic rings. The largest absolute Gasteiger partial charge is 0.469 e. The van der Waals surface area contributed by atoms with Crippen molar-refractivity contribution in [3.8, 4) is 5.88 Å². The molecule has 0 atom stereocenters. The lowest BCUT2D eigenvalue weighted by atomic mass is 9.97. The summed E-state index contributed by atoms with van der Waals surface area (Å²) >= 11 is 1.50. The van der Waals surface area contributed by atoms with E-state index in [2.05, 4.69) is 9.97 Å². The second-order valence-electron chi connectivity index (χ2n) is 5.29. The summed E-state index contributed by atoms with van der Waals surface area (Å²) in [6, 6.07) is 1.88. The summed E-state index contributed by atoms with van der Waals surface area (Å²) in [5.74, 6) is 0.0100. The van der Waals surface area contributed by atoms with Crippen molar-refractivity contribution in [3.63, 3.8) is 0 Å². The second-order valence-corrected chi connectivity index (χ2v) is 6.18. The number of methoxy groups -OCH3 is 1. The zero-order valence-electron chi connectivity index (χ0n) is 12.7. The number of nitrogens with zero attached hydrogens (tertiary/aromatic N) is 3. The molecule has 0 bridgehead atoms. The molecule has 3 rings (SSSR count). The Bertz CT molecular complexity index is 710. The van der Waals surface area contributed by atoms with E-state index in [1.165, 1.54) is 24.8 Å². The summed E-state index contributed by atoms with van der Waals surface area (Å²) in [6.45, 7) is 1.02. The summed E-state index contributed by atoms with van der Waals surface area (Å²) in [5, 5.41) is 2.72. The van der Waals surface area contributed by atoms with Crippen molar-refractivity contribution in [2.45, 2.75) is 12.8 Å². The van der Waals surface area contributed by atoms with Crippen LogP contribution >= 0.6 is 11.3 Å². The fourth-order valence-electron chi connectivity index (χ4n) is 2.63. The van der Waals surface area contributed by atoms with Gasteiger partial charge in [-0.05, 0) is 24.3 Å². The molecule has 0 unspecified atom stereocenters. The van der Waals surface area contributed by atoms with Gasteiger partial charge in [-0.1, -0.05) is 0 Å². The quantitative estimate of drug-likeness (QED) is 0.787. The Labute approximate surface area is 137 Å². The number of ether oxygens (including phenoxy) is 2. The van der Waals surface area contributed by atoms with E-state index in [0.29, 0.717) is 31.8 Å². The monoisotopic (exact) mass is 335 g/mol. The average molecular weight is 335 g/mol. The highest BCUT2D eigenvalue weighted by Gasteiger charge is 2.28. The minimum atomic E-state index is -0.200. The van der Waals surface area contributed by atoms with Crippen molar-refractivity contribution in [1.82, 2.24) is 14.9 Å². The molecule has 1 saturated heterocycles. The van der Waals surface area contributed by atoms with Crippen LogP contribution in [-0.2, 0) is 14.3 Å². The Morgan fingerprint density at radius 3 is 2.87 bits per heavy atom. The topological polar surface area (TPSA) is 81.6 Å². The molecule has 0 N–H and O–H groups in total. The first-order chi connectivity index (χ1) is 11.2. The third-order valence-corrected chi connectivity index (χ3v) is 4.76. The minimum Gasteiger partial charge on any atom is -0.469 e. The zero-order chi connectivity index (χ0) is 16.2. The van der Waals surface area contributed by atoms with Crippen molar-refractivity contribution in [2.75, 3.05) is 26.8 Å². The third kappa shape index (κ3) is 3.42. The fraction of sp³-hybridized carbons (Fsp3) is 0.467. The number of fused-ring (bicyclic) bond motifs is 1. The SMILES string of the molecule is COC(=O)C1CCN(C(=O)COc2ncnc3sccc23)CC1. The molecule has 3 heterocycles. The van der Waals surface area contributed by atoms with Gasteiger partial charge in [0.15, 0.2) is 6.61 Å². The molecule has 0 aliphatic carbocycles. The molecule has 1 amide bonds. The van der Waals surface area contributed by atoms with Gasteiger partial charge in [0, 0.05) is 13.1 Å². The molecule has 0 saturated carbocycles. The van der Waals surface area contributed by atoms with Crippen LogP contribution in [0.3, 0.4) is 0 Å². The van der Waals surface area contributed by atoms with Gasteiger partial charge < -0.3 is 14.4 Å². The van der Waals surface area contributed by atoms with Gasteiger partial charge in [0.25, 0.3) is 5.91 Å². The Balaban J connectivity index is 1.54. The number of rotatable bonds is 4. The summed E-state index contributed by atoms with van der Waals surface area (Å²) in [5.41, 5.74) is 0. The van der Waals surface area contributed by atoms with E-state index < -0.39 is 0 Å². The van der Waals surface area contributed by atoms with Crippen LogP contribution in [0, 0.1) is 5.92 Å². The number of aromatic nitrogens is 2. The predicted octanol–water partition coefficient (Wildman–Crippen LogP) is 1.48. The standard InChI is InChI=1S/C15H17N3O4S/c1-21-15(20)10-2-5-18(6-3-10)12(19)8-22-13-11-4-7-23-14(11)17-9-16-13/h4,7,9-10H,2-3,5-6,8H2,1H3. The third-order valence-electron chi connectivity index (χ3n) is 3.94. The molecular formula is C15H17N3O4S. The number of likely N-dealkylation sites (tertiary alicyclic amines) is 1. The maximum absolute atomic E-state index is 12.2.